The van der Waals surface area contributed by atoms with E-state index in [0.717, 1.165) is 16.2 Å². The molecule has 1 aliphatic carbocycles. The molecule has 0 aromatic heterocycles. The molecule has 1 saturated carbocycles. The Morgan fingerprint density at radius 1 is 1.03 bits per heavy atom. The number of aryl methyl sites for hydroxylation is 1. The monoisotopic (exact) mass is 492 g/mol. The van der Waals surface area contributed by atoms with Crippen molar-refractivity contribution < 1.29 is 13.2 Å². The summed E-state index contributed by atoms with van der Waals surface area (Å²) in [7, 11) is -3.88. The fraction of sp³-hybridized carbons (Fsp3) is 0.458. The van der Waals surface area contributed by atoms with Gasteiger partial charge in [0.15, 0.2) is 0 Å². The minimum Gasteiger partial charge on any atom is -0.354 e. The smallest absolute Gasteiger partial charge is 0.264 e. The van der Waals surface area contributed by atoms with E-state index in [1.807, 2.05) is 37.1 Å². The summed E-state index contributed by atoms with van der Waals surface area (Å²) in [5, 5.41) is 3.60. The summed E-state index contributed by atoms with van der Waals surface area (Å²) in [6, 6.07) is 14.0. The zero-order valence-corrected chi connectivity index (χ0v) is 21.2. The maximum Gasteiger partial charge on any atom is 0.264 e. The Morgan fingerprint density at radius 2 is 1.69 bits per heavy atom. The summed E-state index contributed by atoms with van der Waals surface area (Å²) < 4.78 is 28.0. The Labute approximate surface area is 200 Å². The van der Waals surface area contributed by atoms with Crippen LogP contribution in [-0.4, -0.2) is 44.7 Å². The van der Waals surface area contributed by atoms with Crippen molar-refractivity contribution in [3.63, 3.8) is 0 Å². The van der Waals surface area contributed by atoms with Gasteiger partial charge in [-0.1, -0.05) is 37.0 Å². The van der Waals surface area contributed by atoms with Crippen molar-refractivity contribution in [1.82, 2.24) is 5.32 Å². The van der Waals surface area contributed by atoms with E-state index in [1.54, 1.807) is 48.2 Å². The van der Waals surface area contributed by atoms with Gasteiger partial charge in [-0.15, -0.1) is 11.8 Å². The summed E-state index contributed by atoms with van der Waals surface area (Å²) in [5.41, 5.74) is 1.51. The van der Waals surface area contributed by atoms with Gasteiger partial charge in [0.05, 0.1) is 10.6 Å². The second-order valence-corrected chi connectivity index (χ2v) is 12.2. The molecule has 0 bridgehead atoms. The Bertz CT molecular complexity index is 971. The number of carbonyl (C=O) groups is 1. The molecule has 174 valence electrons. The van der Waals surface area contributed by atoms with Crippen LogP contribution in [0.1, 0.15) is 37.7 Å². The minimum atomic E-state index is -3.88. The second-order valence-electron chi connectivity index (χ2n) is 8.00. The van der Waals surface area contributed by atoms with E-state index < -0.39 is 10.0 Å². The van der Waals surface area contributed by atoms with Gasteiger partial charge >= 0.3 is 0 Å². The first kappa shape index (κ1) is 25.0. The van der Waals surface area contributed by atoms with Gasteiger partial charge in [0, 0.05) is 22.4 Å². The van der Waals surface area contributed by atoms with Crippen LogP contribution in [0.25, 0.3) is 0 Å². The highest BCUT2D eigenvalue weighted by atomic mass is 32.2. The van der Waals surface area contributed by atoms with Crippen LogP contribution in [0.5, 0.6) is 0 Å². The Balaban J connectivity index is 1.68. The van der Waals surface area contributed by atoms with E-state index in [9.17, 15) is 13.2 Å². The molecule has 1 aliphatic rings. The predicted octanol–water partition coefficient (Wildman–Crippen LogP) is 5.09. The van der Waals surface area contributed by atoms with Gasteiger partial charge in [-0.3, -0.25) is 9.10 Å². The Kier molecular flexibility index (Phi) is 9.37. The van der Waals surface area contributed by atoms with Gasteiger partial charge in [-0.2, -0.15) is 11.8 Å². The first-order chi connectivity index (χ1) is 15.4. The summed E-state index contributed by atoms with van der Waals surface area (Å²) in [4.78, 5) is 13.9. The van der Waals surface area contributed by atoms with Crippen LogP contribution < -0.4 is 9.62 Å². The zero-order valence-electron chi connectivity index (χ0n) is 18.7. The van der Waals surface area contributed by atoms with E-state index in [1.165, 1.54) is 36.4 Å². The van der Waals surface area contributed by atoms with E-state index >= 15 is 0 Å². The fourth-order valence-electron chi connectivity index (χ4n) is 3.74. The molecular weight excluding hydrogens is 460 g/mol. The molecule has 8 heteroatoms. The van der Waals surface area contributed by atoms with Crippen molar-refractivity contribution in [3.8, 4) is 0 Å². The largest absolute Gasteiger partial charge is 0.354 e. The highest BCUT2D eigenvalue weighted by Gasteiger charge is 2.27. The molecular formula is C24H32N2O3S3. The number of amides is 1. The molecule has 2 aromatic rings. The van der Waals surface area contributed by atoms with E-state index in [4.69, 9.17) is 0 Å². The minimum absolute atomic E-state index is 0.177. The van der Waals surface area contributed by atoms with Crippen molar-refractivity contribution in [1.29, 1.82) is 0 Å². The molecule has 0 saturated heterocycles. The molecule has 0 aliphatic heterocycles. The first-order valence-electron chi connectivity index (χ1n) is 11.0. The lowest BCUT2D eigenvalue weighted by atomic mass is 10.0. The van der Waals surface area contributed by atoms with Gasteiger partial charge in [-0.25, -0.2) is 8.42 Å². The van der Waals surface area contributed by atoms with Crippen molar-refractivity contribution in [2.24, 2.45) is 0 Å². The number of thioether (sulfide) groups is 2. The zero-order chi connectivity index (χ0) is 23.0. The maximum atomic E-state index is 13.4. The van der Waals surface area contributed by atoms with Gasteiger partial charge in [-0.05, 0) is 62.4 Å². The van der Waals surface area contributed by atoms with E-state index in [-0.39, 0.29) is 17.3 Å². The fourth-order valence-corrected chi connectivity index (χ4v) is 6.78. The molecule has 3 rings (SSSR count). The molecule has 0 heterocycles. The number of nitrogens with one attached hydrogen (secondary N) is 1. The SMILES string of the molecule is CSc1ccc(S(=O)(=O)N(CC(=O)NCCSC2CCCCC2)c2ccc(C)cc2)cc1. The number of benzene rings is 2. The third-order valence-electron chi connectivity index (χ3n) is 5.59. The average molecular weight is 493 g/mol. The average Bonchev–Trinajstić information content (AvgIpc) is 2.81. The van der Waals surface area contributed by atoms with E-state index in [0.29, 0.717) is 17.5 Å². The number of hydrogen-bond acceptors (Lipinski definition) is 5. The standard InChI is InChI=1S/C24H32N2O3S3/c1-19-8-10-20(11-9-19)26(32(28,29)23-14-12-21(30-2)13-15-23)18-24(27)25-16-17-31-22-6-4-3-5-7-22/h8-15,22H,3-7,16-18H2,1-2H3,(H,25,27). The molecule has 5 nitrogen and oxygen atoms in total. The number of rotatable bonds is 10. The van der Waals surface area contributed by atoms with Crippen LogP contribution in [0.3, 0.4) is 0 Å². The van der Waals surface area contributed by atoms with Crippen molar-refractivity contribution in [2.75, 3.05) is 29.4 Å². The second kappa shape index (κ2) is 12.0. The summed E-state index contributed by atoms with van der Waals surface area (Å²) >= 11 is 3.47. The lowest BCUT2D eigenvalue weighted by Gasteiger charge is -2.24. The topological polar surface area (TPSA) is 66.5 Å². The van der Waals surface area contributed by atoms with Crippen LogP contribution in [0.2, 0.25) is 0 Å². The lowest BCUT2D eigenvalue weighted by molar-refractivity contribution is -0.119. The van der Waals surface area contributed by atoms with Crippen LogP contribution in [0.15, 0.2) is 58.3 Å². The predicted molar refractivity (Wildman–Crippen MR) is 136 cm³/mol. The summed E-state index contributed by atoms with van der Waals surface area (Å²) in [6.07, 6.45) is 8.38. The van der Waals surface area contributed by atoms with Crippen LogP contribution in [-0.2, 0) is 14.8 Å². The van der Waals surface area contributed by atoms with Gasteiger partial charge in [0.2, 0.25) is 5.91 Å². The number of hydrogen-bond donors (Lipinski definition) is 1. The summed E-state index contributed by atoms with van der Waals surface area (Å²) in [6.45, 7) is 2.24. The van der Waals surface area contributed by atoms with E-state index in [2.05, 4.69) is 5.32 Å². The van der Waals surface area contributed by atoms with Crippen LogP contribution in [0, 0.1) is 6.92 Å². The number of anilines is 1. The molecule has 1 amide bonds. The van der Waals surface area contributed by atoms with Gasteiger partial charge in [0.1, 0.15) is 6.54 Å². The van der Waals surface area contributed by atoms with Crippen molar-refractivity contribution in [3.05, 3.63) is 54.1 Å². The first-order valence-corrected chi connectivity index (χ1v) is 14.7. The molecule has 1 fully saturated rings. The molecule has 2 aromatic carbocycles. The lowest BCUT2D eigenvalue weighted by Crippen LogP contribution is -2.41. The molecule has 1 N–H and O–H groups in total. The highest BCUT2D eigenvalue weighted by molar-refractivity contribution is 7.99. The quantitative estimate of drug-likeness (QED) is 0.369. The van der Waals surface area contributed by atoms with Crippen molar-refractivity contribution >= 4 is 45.1 Å². The number of nitrogens with zero attached hydrogens (tertiary/aromatic N) is 1. The number of carbonyl (C=O) groups excluding carboxylic acids is 1. The normalized spacial score (nSPS) is 14.8. The Hall–Kier alpha value is -1.64. The molecule has 0 radical (unpaired) electrons. The molecule has 0 unspecified atom stereocenters. The van der Waals surface area contributed by atoms with Gasteiger partial charge < -0.3 is 5.32 Å². The molecule has 0 atom stereocenters. The molecule has 32 heavy (non-hydrogen) atoms. The Morgan fingerprint density at radius 3 is 2.31 bits per heavy atom. The van der Waals surface area contributed by atoms with Crippen LogP contribution >= 0.6 is 23.5 Å². The number of sulfonamides is 1. The summed E-state index contributed by atoms with van der Waals surface area (Å²) in [5.74, 6) is 0.559. The van der Waals surface area contributed by atoms with Crippen LogP contribution in [0.4, 0.5) is 5.69 Å². The van der Waals surface area contributed by atoms with Gasteiger partial charge in [0.25, 0.3) is 10.0 Å². The molecule has 0 spiro atoms. The third-order valence-corrected chi connectivity index (χ3v) is 9.50. The van der Waals surface area contributed by atoms with Crippen molar-refractivity contribution in [2.45, 2.75) is 54.1 Å². The maximum absolute atomic E-state index is 13.4. The third kappa shape index (κ3) is 6.93. The highest BCUT2D eigenvalue weighted by Crippen LogP contribution is 2.28.